The zero-order chi connectivity index (χ0) is 17.6. The van der Waals surface area contributed by atoms with E-state index in [9.17, 15) is 4.79 Å². The lowest BCUT2D eigenvalue weighted by Gasteiger charge is -2.37. The molecular formula is C20H31N3O2. The molecule has 138 valence electrons. The normalized spacial score (nSPS) is 23.5. The Morgan fingerprint density at radius 1 is 1.28 bits per heavy atom. The molecule has 3 rings (SSSR count). The molecule has 5 heteroatoms. The molecular weight excluding hydrogens is 314 g/mol. The van der Waals surface area contributed by atoms with Gasteiger partial charge >= 0.3 is 6.03 Å². The van der Waals surface area contributed by atoms with Crippen LogP contribution >= 0.6 is 0 Å². The summed E-state index contributed by atoms with van der Waals surface area (Å²) in [5.74, 6) is 0.481. The van der Waals surface area contributed by atoms with Gasteiger partial charge in [0.2, 0.25) is 0 Å². The fraction of sp³-hybridized carbons (Fsp3) is 0.650. The van der Waals surface area contributed by atoms with E-state index in [-0.39, 0.29) is 12.1 Å². The molecule has 0 spiro atoms. The van der Waals surface area contributed by atoms with Crippen LogP contribution < -0.4 is 5.32 Å². The van der Waals surface area contributed by atoms with Crippen molar-refractivity contribution in [2.45, 2.75) is 45.8 Å². The summed E-state index contributed by atoms with van der Waals surface area (Å²) in [5.41, 5.74) is 2.55. The minimum absolute atomic E-state index is 0.0813. The number of piperidine rings is 1. The van der Waals surface area contributed by atoms with E-state index in [1.165, 1.54) is 11.1 Å². The van der Waals surface area contributed by atoms with Crippen LogP contribution in [0.4, 0.5) is 4.79 Å². The number of benzene rings is 1. The first-order chi connectivity index (χ1) is 12.2. The number of rotatable bonds is 6. The predicted octanol–water partition coefficient (Wildman–Crippen LogP) is 2.85. The molecule has 5 nitrogen and oxygen atoms in total. The van der Waals surface area contributed by atoms with Gasteiger partial charge in [0.15, 0.2) is 0 Å². The van der Waals surface area contributed by atoms with E-state index in [4.69, 9.17) is 4.74 Å². The maximum Gasteiger partial charge on any atom is 0.318 e. The molecule has 2 unspecified atom stereocenters. The lowest BCUT2D eigenvalue weighted by Crippen LogP contribution is -2.52. The van der Waals surface area contributed by atoms with E-state index in [1.54, 1.807) is 0 Å². The molecule has 2 aliphatic heterocycles. The maximum absolute atomic E-state index is 12.6. The highest BCUT2D eigenvalue weighted by Gasteiger charge is 2.30. The van der Waals surface area contributed by atoms with Crippen LogP contribution in [-0.4, -0.2) is 54.7 Å². The maximum atomic E-state index is 12.6. The molecule has 1 N–H and O–H groups in total. The average molecular weight is 345 g/mol. The van der Waals surface area contributed by atoms with Crippen LogP contribution in [0.5, 0.6) is 0 Å². The number of carbonyl (C=O) groups excluding carboxylic acids is 1. The standard InChI is InChI=1S/C20H31N3O2/c1-3-25-12-6-10-22-11-9-19(16(2)13-22)21-20(24)23-14-17-7-4-5-8-18(17)15-23/h4-5,7-8,16,19H,3,6,9-15H2,1-2H3,(H,21,24). The summed E-state index contributed by atoms with van der Waals surface area (Å²) >= 11 is 0. The van der Waals surface area contributed by atoms with Gasteiger partial charge in [-0.1, -0.05) is 31.2 Å². The molecule has 0 bridgehead atoms. The Morgan fingerprint density at radius 2 is 2.00 bits per heavy atom. The summed E-state index contributed by atoms with van der Waals surface area (Å²) in [5, 5.41) is 3.28. The van der Waals surface area contributed by atoms with E-state index in [0.29, 0.717) is 5.92 Å². The fourth-order valence-electron chi connectivity index (χ4n) is 3.91. The quantitative estimate of drug-likeness (QED) is 0.807. The molecule has 0 aliphatic carbocycles. The van der Waals surface area contributed by atoms with Crippen LogP contribution in [-0.2, 0) is 17.8 Å². The number of nitrogens with one attached hydrogen (secondary N) is 1. The lowest BCUT2D eigenvalue weighted by molar-refractivity contribution is 0.108. The highest BCUT2D eigenvalue weighted by atomic mass is 16.5. The van der Waals surface area contributed by atoms with E-state index in [2.05, 4.69) is 29.3 Å². The van der Waals surface area contributed by atoms with E-state index in [0.717, 1.165) is 58.8 Å². The molecule has 2 atom stereocenters. The second kappa shape index (κ2) is 8.68. The van der Waals surface area contributed by atoms with Crippen molar-refractivity contribution in [1.29, 1.82) is 0 Å². The molecule has 2 aliphatic rings. The van der Waals surface area contributed by atoms with Crippen molar-refractivity contribution in [2.24, 2.45) is 5.92 Å². The Morgan fingerprint density at radius 3 is 2.64 bits per heavy atom. The van der Waals surface area contributed by atoms with E-state index < -0.39 is 0 Å². The first-order valence-corrected chi connectivity index (χ1v) is 9.59. The minimum atomic E-state index is 0.0813. The first-order valence-electron chi connectivity index (χ1n) is 9.59. The van der Waals surface area contributed by atoms with Crippen molar-refractivity contribution in [3.63, 3.8) is 0 Å². The predicted molar refractivity (Wildman–Crippen MR) is 99.3 cm³/mol. The molecule has 0 radical (unpaired) electrons. The summed E-state index contributed by atoms with van der Waals surface area (Å²) in [6.07, 6.45) is 2.12. The largest absolute Gasteiger partial charge is 0.382 e. The van der Waals surface area contributed by atoms with Gasteiger partial charge in [-0.05, 0) is 36.8 Å². The third-order valence-corrected chi connectivity index (χ3v) is 5.39. The molecule has 2 heterocycles. The zero-order valence-corrected chi connectivity index (χ0v) is 15.5. The monoisotopic (exact) mass is 345 g/mol. The van der Waals surface area contributed by atoms with Crippen LogP contribution in [0.1, 0.15) is 37.8 Å². The summed E-state index contributed by atoms with van der Waals surface area (Å²) in [6, 6.07) is 8.68. The van der Waals surface area contributed by atoms with E-state index >= 15 is 0 Å². The third-order valence-electron chi connectivity index (χ3n) is 5.39. The second-order valence-electron chi connectivity index (χ2n) is 7.30. The van der Waals surface area contributed by atoms with Gasteiger partial charge in [0.05, 0.1) is 0 Å². The summed E-state index contributed by atoms with van der Waals surface area (Å²) in [7, 11) is 0. The topological polar surface area (TPSA) is 44.8 Å². The molecule has 1 aromatic rings. The molecule has 1 fully saturated rings. The van der Waals surface area contributed by atoms with Gasteiger partial charge in [-0.25, -0.2) is 4.79 Å². The van der Waals surface area contributed by atoms with E-state index in [1.807, 2.05) is 24.0 Å². The van der Waals surface area contributed by atoms with Crippen molar-refractivity contribution < 1.29 is 9.53 Å². The SMILES string of the molecule is CCOCCCN1CCC(NC(=O)N2Cc3ccccc3C2)C(C)C1. The van der Waals surface area contributed by atoms with Crippen molar-refractivity contribution in [3.05, 3.63) is 35.4 Å². The van der Waals surface area contributed by atoms with Gasteiger partial charge in [0, 0.05) is 52.0 Å². The number of carbonyl (C=O) groups is 1. The van der Waals surface area contributed by atoms with Crippen molar-refractivity contribution >= 4 is 6.03 Å². The van der Waals surface area contributed by atoms with Crippen LogP contribution in [0.2, 0.25) is 0 Å². The van der Waals surface area contributed by atoms with Gasteiger partial charge in [-0.15, -0.1) is 0 Å². The minimum Gasteiger partial charge on any atom is -0.382 e. The number of fused-ring (bicyclic) bond motifs is 1. The Kier molecular flexibility index (Phi) is 6.32. The molecule has 0 aromatic heterocycles. The van der Waals surface area contributed by atoms with Gasteiger partial charge in [-0.2, -0.15) is 0 Å². The summed E-state index contributed by atoms with van der Waals surface area (Å²) in [6.45, 7) is 10.6. The Labute approximate surface area is 151 Å². The molecule has 2 amide bonds. The summed E-state index contributed by atoms with van der Waals surface area (Å²) < 4.78 is 5.42. The Hall–Kier alpha value is -1.59. The Bertz CT molecular complexity index is 553. The lowest BCUT2D eigenvalue weighted by atomic mass is 9.94. The summed E-state index contributed by atoms with van der Waals surface area (Å²) in [4.78, 5) is 17.1. The van der Waals surface area contributed by atoms with Crippen LogP contribution in [0.25, 0.3) is 0 Å². The number of hydrogen-bond donors (Lipinski definition) is 1. The number of likely N-dealkylation sites (tertiary alicyclic amines) is 1. The van der Waals surface area contributed by atoms with Crippen LogP contribution in [0, 0.1) is 5.92 Å². The number of amides is 2. The number of hydrogen-bond acceptors (Lipinski definition) is 3. The van der Waals surface area contributed by atoms with Crippen molar-refractivity contribution in [1.82, 2.24) is 15.1 Å². The number of urea groups is 1. The molecule has 1 aromatic carbocycles. The molecule has 0 saturated carbocycles. The third kappa shape index (κ3) is 4.73. The fourth-order valence-corrected chi connectivity index (χ4v) is 3.91. The van der Waals surface area contributed by atoms with Gasteiger partial charge in [-0.3, -0.25) is 0 Å². The first kappa shape index (κ1) is 18.2. The van der Waals surface area contributed by atoms with Crippen molar-refractivity contribution in [2.75, 3.05) is 32.8 Å². The Balaban J connectivity index is 1.43. The zero-order valence-electron chi connectivity index (χ0n) is 15.5. The smallest absolute Gasteiger partial charge is 0.318 e. The highest BCUT2D eigenvalue weighted by Crippen LogP contribution is 2.23. The van der Waals surface area contributed by atoms with Crippen LogP contribution in [0.3, 0.4) is 0 Å². The van der Waals surface area contributed by atoms with Crippen LogP contribution in [0.15, 0.2) is 24.3 Å². The van der Waals surface area contributed by atoms with Gasteiger partial charge < -0.3 is 19.9 Å². The average Bonchev–Trinajstić information content (AvgIpc) is 3.05. The highest BCUT2D eigenvalue weighted by molar-refractivity contribution is 5.75. The van der Waals surface area contributed by atoms with Gasteiger partial charge in [0.1, 0.15) is 0 Å². The second-order valence-corrected chi connectivity index (χ2v) is 7.30. The number of nitrogens with zero attached hydrogens (tertiary/aromatic N) is 2. The molecule has 25 heavy (non-hydrogen) atoms. The number of ether oxygens (including phenoxy) is 1. The van der Waals surface area contributed by atoms with Gasteiger partial charge in [0.25, 0.3) is 0 Å². The van der Waals surface area contributed by atoms with Crippen molar-refractivity contribution in [3.8, 4) is 0 Å². The molecule has 1 saturated heterocycles.